The number of carbonyl (C=O) groups excluding carboxylic acids is 1. The van der Waals surface area contributed by atoms with Crippen molar-refractivity contribution in [3.63, 3.8) is 0 Å². The van der Waals surface area contributed by atoms with Crippen LogP contribution in [0.25, 0.3) is 0 Å². The number of nitrogens with zero attached hydrogens (tertiary/aromatic N) is 1. The van der Waals surface area contributed by atoms with E-state index in [4.69, 9.17) is 0 Å². The van der Waals surface area contributed by atoms with Crippen LogP contribution in [0.5, 0.6) is 0 Å². The average Bonchev–Trinajstić information content (AvgIpc) is 2.65. The number of likely N-dealkylation sites (tertiary alicyclic amines) is 1. The molecule has 1 aromatic carbocycles. The van der Waals surface area contributed by atoms with Crippen molar-refractivity contribution in [2.24, 2.45) is 0 Å². The number of benzene rings is 1. The summed E-state index contributed by atoms with van der Waals surface area (Å²) in [5.74, 6) is 0.0923. The van der Waals surface area contributed by atoms with E-state index < -0.39 is 0 Å². The number of amides is 1. The van der Waals surface area contributed by atoms with Crippen LogP contribution in [0.2, 0.25) is 0 Å². The number of rotatable bonds is 2. The van der Waals surface area contributed by atoms with Crippen LogP contribution in [0, 0.1) is 0 Å². The predicted molar refractivity (Wildman–Crippen MR) is 65.0 cm³/mol. The van der Waals surface area contributed by atoms with Crippen molar-refractivity contribution in [3.8, 4) is 0 Å². The second-order valence-corrected chi connectivity index (χ2v) is 5.00. The van der Waals surface area contributed by atoms with E-state index >= 15 is 0 Å². The lowest BCUT2D eigenvalue weighted by Crippen LogP contribution is -2.30. The molecule has 1 atom stereocenters. The van der Waals surface area contributed by atoms with E-state index in [1.165, 1.54) is 0 Å². The molecule has 0 bridgehead atoms. The van der Waals surface area contributed by atoms with Crippen molar-refractivity contribution < 1.29 is 9.90 Å². The molecule has 1 heterocycles. The molecule has 0 radical (unpaired) electrons. The molecule has 2 rings (SSSR count). The number of carbonyl (C=O) groups is 1. The van der Waals surface area contributed by atoms with Gasteiger partial charge in [-0.3, -0.25) is 4.79 Å². The van der Waals surface area contributed by atoms with E-state index in [1.54, 1.807) is 4.90 Å². The van der Waals surface area contributed by atoms with Gasteiger partial charge in [-0.05, 0) is 24.1 Å². The van der Waals surface area contributed by atoms with E-state index in [2.05, 4.69) is 15.9 Å². The highest BCUT2D eigenvalue weighted by Crippen LogP contribution is 2.15. The van der Waals surface area contributed by atoms with Crippen molar-refractivity contribution in [1.29, 1.82) is 0 Å². The summed E-state index contributed by atoms with van der Waals surface area (Å²) in [4.78, 5) is 13.6. The smallest absolute Gasteiger partial charge is 0.227 e. The van der Waals surface area contributed by atoms with Gasteiger partial charge in [0.2, 0.25) is 5.91 Å². The zero-order valence-electron chi connectivity index (χ0n) is 8.90. The zero-order valence-corrected chi connectivity index (χ0v) is 10.5. The lowest BCUT2D eigenvalue weighted by molar-refractivity contribution is -0.129. The summed E-state index contributed by atoms with van der Waals surface area (Å²) in [6.45, 7) is 1.15. The van der Waals surface area contributed by atoms with Gasteiger partial charge >= 0.3 is 0 Å². The van der Waals surface area contributed by atoms with Gasteiger partial charge in [0.25, 0.3) is 0 Å². The largest absolute Gasteiger partial charge is 0.391 e. The fraction of sp³-hybridized carbons (Fsp3) is 0.417. The van der Waals surface area contributed by atoms with Crippen LogP contribution in [0.4, 0.5) is 0 Å². The standard InChI is InChI=1S/C12H14BrNO2/c13-10-3-1-2-9(6-10)7-12(16)14-5-4-11(15)8-14/h1-3,6,11,15H,4-5,7-8H2/t11-/m1/s1. The van der Waals surface area contributed by atoms with Crippen molar-refractivity contribution in [1.82, 2.24) is 4.90 Å². The summed E-state index contributed by atoms with van der Waals surface area (Å²) in [6, 6.07) is 7.75. The number of halogens is 1. The highest BCUT2D eigenvalue weighted by atomic mass is 79.9. The molecule has 1 amide bonds. The summed E-state index contributed by atoms with van der Waals surface area (Å²) in [6.07, 6.45) is 0.766. The molecular weight excluding hydrogens is 270 g/mol. The number of aliphatic hydroxyl groups is 1. The summed E-state index contributed by atoms with van der Waals surface area (Å²) in [5.41, 5.74) is 1.00. The molecule has 0 unspecified atom stereocenters. The second-order valence-electron chi connectivity index (χ2n) is 4.09. The van der Waals surface area contributed by atoms with Gasteiger partial charge in [-0.1, -0.05) is 28.1 Å². The Morgan fingerprint density at radius 3 is 3.00 bits per heavy atom. The fourth-order valence-corrected chi connectivity index (χ4v) is 2.35. The first-order valence-corrected chi connectivity index (χ1v) is 6.15. The van der Waals surface area contributed by atoms with E-state index in [-0.39, 0.29) is 12.0 Å². The van der Waals surface area contributed by atoms with Crippen molar-refractivity contribution in [2.45, 2.75) is 18.9 Å². The maximum atomic E-state index is 11.9. The molecule has 0 aromatic heterocycles. The minimum atomic E-state index is -0.341. The molecule has 0 spiro atoms. The number of hydrogen-bond acceptors (Lipinski definition) is 2. The molecule has 0 saturated carbocycles. The average molecular weight is 284 g/mol. The number of aliphatic hydroxyl groups excluding tert-OH is 1. The maximum absolute atomic E-state index is 11.9. The van der Waals surface area contributed by atoms with Crippen LogP contribution in [0.15, 0.2) is 28.7 Å². The third-order valence-electron chi connectivity index (χ3n) is 2.76. The highest BCUT2D eigenvalue weighted by Gasteiger charge is 2.24. The van der Waals surface area contributed by atoms with Gasteiger partial charge in [0, 0.05) is 17.6 Å². The Hall–Kier alpha value is -0.870. The minimum Gasteiger partial charge on any atom is -0.391 e. The van der Waals surface area contributed by atoms with Crippen LogP contribution >= 0.6 is 15.9 Å². The second kappa shape index (κ2) is 4.97. The molecule has 86 valence electrons. The van der Waals surface area contributed by atoms with Gasteiger partial charge in [0.15, 0.2) is 0 Å². The molecule has 1 saturated heterocycles. The maximum Gasteiger partial charge on any atom is 0.227 e. The lowest BCUT2D eigenvalue weighted by Gasteiger charge is -2.15. The fourth-order valence-electron chi connectivity index (χ4n) is 1.90. The first-order chi connectivity index (χ1) is 7.65. The Bertz CT molecular complexity index is 394. The first kappa shape index (κ1) is 11.6. The summed E-state index contributed by atoms with van der Waals surface area (Å²) >= 11 is 3.38. The lowest BCUT2D eigenvalue weighted by atomic mass is 10.1. The number of hydrogen-bond donors (Lipinski definition) is 1. The van der Waals surface area contributed by atoms with E-state index in [1.807, 2.05) is 24.3 Å². The van der Waals surface area contributed by atoms with Gasteiger partial charge in [-0.2, -0.15) is 0 Å². The van der Waals surface area contributed by atoms with Crippen LogP contribution in [0.3, 0.4) is 0 Å². The molecule has 0 aliphatic carbocycles. The Labute approximate surface area is 103 Å². The summed E-state index contributed by atoms with van der Waals surface area (Å²) < 4.78 is 0.985. The molecular formula is C12H14BrNO2. The Morgan fingerprint density at radius 2 is 2.38 bits per heavy atom. The van der Waals surface area contributed by atoms with Crippen molar-refractivity contribution in [2.75, 3.05) is 13.1 Å². The normalized spacial score (nSPS) is 20.1. The van der Waals surface area contributed by atoms with Crippen LogP contribution in [-0.2, 0) is 11.2 Å². The van der Waals surface area contributed by atoms with E-state index in [0.29, 0.717) is 25.9 Å². The van der Waals surface area contributed by atoms with Crippen molar-refractivity contribution >= 4 is 21.8 Å². The Kier molecular flexibility index (Phi) is 3.61. The van der Waals surface area contributed by atoms with Gasteiger partial charge in [0.1, 0.15) is 0 Å². The summed E-state index contributed by atoms with van der Waals surface area (Å²) in [5, 5.41) is 9.36. The molecule has 3 nitrogen and oxygen atoms in total. The van der Waals surface area contributed by atoms with Crippen LogP contribution in [0.1, 0.15) is 12.0 Å². The Balaban J connectivity index is 1.97. The minimum absolute atomic E-state index is 0.0923. The molecule has 16 heavy (non-hydrogen) atoms. The highest BCUT2D eigenvalue weighted by molar-refractivity contribution is 9.10. The predicted octanol–water partition coefficient (Wildman–Crippen LogP) is 1.58. The number of β-amino-alcohol motifs (C(OH)–C–C–N with tert-alkyl or cyclic N) is 1. The molecule has 1 fully saturated rings. The molecule has 1 N–H and O–H groups in total. The van der Waals surface area contributed by atoms with Crippen molar-refractivity contribution in [3.05, 3.63) is 34.3 Å². The molecule has 1 aliphatic rings. The van der Waals surface area contributed by atoms with E-state index in [0.717, 1.165) is 10.0 Å². The Morgan fingerprint density at radius 1 is 1.56 bits per heavy atom. The van der Waals surface area contributed by atoms with Gasteiger partial charge in [0.05, 0.1) is 12.5 Å². The monoisotopic (exact) mass is 283 g/mol. The van der Waals surface area contributed by atoms with Gasteiger partial charge in [-0.25, -0.2) is 0 Å². The topological polar surface area (TPSA) is 40.5 Å². The summed E-state index contributed by atoms with van der Waals surface area (Å²) in [7, 11) is 0. The van der Waals surface area contributed by atoms with Gasteiger partial charge < -0.3 is 10.0 Å². The van der Waals surface area contributed by atoms with E-state index in [9.17, 15) is 9.90 Å². The van der Waals surface area contributed by atoms with Crippen LogP contribution < -0.4 is 0 Å². The molecule has 1 aromatic rings. The molecule has 4 heteroatoms. The molecule has 1 aliphatic heterocycles. The third-order valence-corrected chi connectivity index (χ3v) is 3.25. The van der Waals surface area contributed by atoms with Crippen LogP contribution in [-0.4, -0.2) is 35.1 Å². The quantitative estimate of drug-likeness (QED) is 0.896. The third kappa shape index (κ3) is 2.83. The van der Waals surface area contributed by atoms with Gasteiger partial charge in [-0.15, -0.1) is 0 Å². The first-order valence-electron chi connectivity index (χ1n) is 5.35. The SMILES string of the molecule is O=C(Cc1cccc(Br)c1)N1CC[C@@H](O)C1. The zero-order chi connectivity index (χ0) is 11.5.